The van der Waals surface area contributed by atoms with Crippen LogP contribution in [-0.4, -0.2) is 24.5 Å². The van der Waals surface area contributed by atoms with Gasteiger partial charge in [-0.25, -0.2) is 0 Å². The number of hydrogen-bond donors (Lipinski definition) is 0. The van der Waals surface area contributed by atoms with Crippen molar-refractivity contribution in [1.82, 2.24) is 4.90 Å². The smallest absolute Gasteiger partial charge is 0.00102 e. The molecule has 1 nitrogen and oxygen atoms in total. The number of benzene rings is 1. The van der Waals surface area contributed by atoms with E-state index in [-0.39, 0.29) is 0 Å². The molecule has 23 heavy (non-hydrogen) atoms. The Morgan fingerprint density at radius 3 is 2.57 bits per heavy atom. The lowest BCUT2D eigenvalue weighted by molar-refractivity contribution is 0.152. The highest BCUT2D eigenvalue weighted by Crippen LogP contribution is 2.46. The molecule has 1 aromatic rings. The van der Waals surface area contributed by atoms with E-state index in [1.165, 1.54) is 90.3 Å². The molecule has 0 atom stereocenters. The van der Waals surface area contributed by atoms with Gasteiger partial charge in [-0.1, -0.05) is 56.4 Å². The first kappa shape index (κ1) is 15.7. The average Bonchev–Trinajstić information content (AvgIpc) is 2.97. The third kappa shape index (κ3) is 3.36. The summed E-state index contributed by atoms with van der Waals surface area (Å²) < 4.78 is 0. The first-order valence-electron chi connectivity index (χ1n) is 10.2. The normalized spacial score (nSPS) is 24.9. The molecule has 1 spiro atoms. The number of nitrogens with zero attached hydrogens (tertiary/aromatic N) is 1. The Kier molecular flexibility index (Phi) is 4.76. The summed E-state index contributed by atoms with van der Waals surface area (Å²) in [7, 11) is 0. The second kappa shape index (κ2) is 6.97. The van der Waals surface area contributed by atoms with Gasteiger partial charge in [0.1, 0.15) is 0 Å². The maximum absolute atomic E-state index is 2.76. The van der Waals surface area contributed by atoms with Crippen molar-refractivity contribution in [2.24, 2.45) is 5.92 Å². The summed E-state index contributed by atoms with van der Waals surface area (Å²) in [5, 5.41) is 0. The molecular formula is C22H33N. The van der Waals surface area contributed by atoms with E-state index in [2.05, 4.69) is 29.2 Å². The lowest BCUT2D eigenvalue weighted by Gasteiger charge is -2.40. The van der Waals surface area contributed by atoms with Crippen molar-refractivity contribution in [3.05, 3.63) is 35.4 Å². The van der Waals surface area contributed by atoms with Crippen LogP contribution in [0.25, 0.3) is 0 Å². The van der Waals surface area contributed by atoms with E-state index in [1.54, 1.807) is 11.1 Å². The Bertz CT molecular complexity index is 506. The number of likely N-dealkylation sites (tertiary alicyclic amines) is 1. The van der Waals surface area contributed by atoms with Crippen molar-refractivity contribution in [2.45, 2.75) is 76.0 Å². The van der Waals surface area contributed by atoms with Gasteiger partial charge >= 0.3 is 0 Å². The molecule has 0 aromatic heterocycles. The average molecular weight is 312 g/mol. The van der Waals surface area contributed by atoms with E-state index in [0.29, 0.717) is 5.41 Å². The molecule has 1 aromatic carbocycles. The van der Waals surface area contributed by atoms with E-state index in [9.17, 15) is 0 Å². The van der Waals surface area contributed by atoms with Gasteiger partial charge < -0.3 is 4.90 Å². The minimum absolute atomic E-state index is 0.538. The van der Waals surface area contributed by atoms with Crippen LogP contribution < -0.4 is 0 Å². The fourth-order valence-corrected chi connectivity index (χ4v) is 5.57. The second-order valence-corrected chi connectivity index (χ2v) is 8.43. The molecule has 0 N–H and O–H groups in total. The fraction of sp³-hybridized carbons (Fsp3) is 0.727. The third-order valence-corrected chi connectivity index (χ3v) is 7.09. The van der Waals surface area contributed by atoms with Crippen molar-refractivity contribution < 1.29 is 0 Å². The fourth-order valence-electron chi connectivity index (χ4n) is 5.57. The van der Waals surface area contributed by atoms with E-state index < -0.39 is 0 Å². The molecule has 2 aliphatic carbocycles. The van der Waals surface area contributed by atoms with Crippen LogP contribution in [0.15, 0.2) is 24.3 Å². The highest BCUT2D eigenvalue weighted by atomic mass is 15.1. The minimum atomic E-state index is 0.538. The summed E-state index contributed by atoms with van der Waals surface area (Å²) in [4.78, 5) is 2.76. The number of aryl methyl sites for hydroxylation is 1. The van der Waals surface area contributed by atoms with Gasteiger partial charge in [0.2, 0.25) is 0 Å². The van der Waals surface area contributed by atoms with Gasteiger partial charge in [-0.15, -0.1) is 0 Å². The number of hydrogen-bond acceptors (Lipinski definition) is 1. The maximum atomic E-state index is 2.76. The molecule has 1 heteroatoms. The standard InChI is InChI=1S/C22H33N/c1-2-7-19(8-3-1)9-6-16-23-17-14-22(15-18-23)13-12-20-10-4-5-11-21(20)22/h4-5,10-11,19H,1-3,6-9,12-18H2. The van der Waals surface area contributed by atoms with E-state index >= 15 is 0 Å². The molecule has 0 bridgehead atoms. The zero-order valence-electron chi connectivity index (χ0n) is 14.7. The van der Waals surface area contributed by atoms with Gasteiger partial charge in [0.05, 0.1) is 0 Å². The zero-order valence-corrected chi connectivity index (χ0v) is 14.7. The zero-order chi connectivity index (χ0) is 15.5. The van der Waals surface area contributed by atoms with Crippen LogP contribution in [0.3, 0.4) is 0 Å². The SMILES string of the molecule is c1ccc2c(c1)CCC21CCN(CCCC2CCCCC2)CC1. The van der Waals surface area contributed by atoms with Crippen LogP contribution in [0.1, 0.15) is 75.3 Å². The Morgan fingerprint density at radius 2 is 1.74 bits per heavy atom. The lowest BCUT2D eigenvalue weighted by atomic mass is 9.74. The monoisotopic (exact) mass is 311 g/mol. The molecule has 1 heterocycles. The number of fused-ring (bicyclic) bond motifs is 2. The first-order valence-corrected chi connectivity index (χ1v) is 10.2. The molecule has 0 unspecified atom stereocenters. The number of rotatable bonds is 4. The largest absolute Gasteiger partial charge is 0.303 e. The van der Waals surface area contributed by atoms with Crippen molar-refractivity contribution in [1.29, 1.82) is 0 Å². The van der Waals surface area contributed by atoms with Crippen LogP contribution in [0.2, 0.25) is 0 Å². The molecule has 2 fully saturated rings. The summed E-state index contributed by atoms with van der Waals surface area (Å²) in [6, 6.07) is 9.25. The summed E-state index contributed by atoms with van der Waals surface area (Å²) in [6.07, 6.45) is 16.0. The highest BCUT2D eigenvalue weighted by molar-refractivity contribution is 5.39. The van der Waals surface area contributed by atoms with E-state index in [4.69, 9.17) is 0 Å². The van der Waals surface area contributed by atoms with Crippen LogP contribution in [-0.2, 0) is 11.8 Å². The molecule has 1 saturated carbocycles. The highest BCUT2D eigenvalue weighted by Gasteiger charge is 2.40. The molecule has 4 rings (SSSR count). The van der Waals surface area contributed by atoms with Gasteiger partial charge in [0.25, 0.3) is 0 Å². The van der Waals surface area contributed by atoms with Gasteiger partial charge in [0.15, 0.2) is 0 Å². The van der Waals surface area contributed by atoms with Crippen LogP contribution in [0.5, 0.6) is 0 Å². The topological polar surface area (TPSA) is 3.24 Å². The molecule has 0 radical (unpaired) electrons. The van der Waals surface area contributed by atoms with Gasteiger partial charge in [-0.05, 0) is 80.6 Å². The van der Waals surface area contributed by atoms with Crippen molar-refractivity contribution in [3.63, 3.8) is 0 Å². The third-order valence-electron chi connectivity index (χ3n) is 7.09. The Morgan fingerprint density at radius 1 is 0.957 bits per heavy atom. The van der Waals surface area contributed by atoms with Crippen molar-refractivity contribution >= 4 is 0 Å². The van der Waals surface area contributed by atoms with Crippen molar-refractivity contribution in [3.8, 4) is 0 Å². The van der Waals surface area contributed by atoms with Crippen LogP contribution in [0.4, 0.5) is 0 Å². The minimum Gasteiger partial charge on any atom is -0.303 e. The van der Waals surface area contributed by atoms with E-state index in [1.807, 2.05) is 0 Å². The summed E-state index contributed by atoms with van der Waals surface area (Å²) in [5.41, 5.74) is 3.87. The van der Waals surface area contributed by atoms with E-state index in [0.717, 1.165) is 5.92 Å². The molecule has 0 amide bonds. The molecule has 126 valence electrons. The summed E-state index contributed by atoms with van der Waals surface area (Å²) in [5.74, 6) is 1.06. The Hall–Kier alpha value is -0.820. The molecule has 1 aliphatic heterocycles. The molecule has 3 aliphatic rings. The van der Waals surface area contributed by atoms with Gasteiger partial charge in [-0.2, -0.15) is 0 Å². The lowest BCUT2D eigenvalue weighted by Crippen LogP contribution is -2.41. The van der Waals surface area contributed by atoms with Crippen LogP contribution >= 0.6 is 0 Å². The van der Waals surface area contributed by atoms with Crippen molar-refractivity contribution in [2.75, 3.05) is 19.6 Å². The maximum Gasteiger partial charge on any atom is -0.00102 e. The number of piperidine rings is 1. The summed E-state index contributed by atoms with van der Waals surface area (Å²) >= 11 is 0. The van der Waals surface area contributed by atoms with Gasteiger partial charge in [0, 0.05) is 0 Å². The Labute approximate surface area is 142 Å². The molecular weight excluding hydrogens is 278 g/mol. The predicted molar refractivity (Wildman–Crippen MR) is 97.9 cm³/mol. The Balaban J connectivity index is 1.25. The summed E-state index contributed by atoms with van der Waals surface area (Å²) in [6.45, 7) is 4.02. The molecule has 1 saturated heterocycles. The van der Waals surface area contributed by atoms with Crippen LogP contribution in [0, 0.1) is 5.92 Å². The quantitative estimate of drug-likeness (QED) is 0.726. The first-order chi connectivity index (χ1) is 11.4. The second-order valence-electron chi connectivity index (χ2n) is 8.43. The predicted octanol–water partition coefficient (Wildman–Crippen LogP) is 5.33. The van der Waals surface area contributed by atoms with Gasteiger partial charge in [-0.3, -0.25) is 0 Å².